The quantitative estimate of drug-likeness (QED) is 0.0420. The highest BCUT2D eigenvalue weighted by Crippen LogP contribution is 2.49. The minimum absolute atomic E-state index is 0.0643. The van der Waals surface area contributed by atoms with Gasteiger partial charge in [-0.2, -0.15) is 5.06 Å². The average molecular weight is 883 g/mol. The molecule has 3 amide bonds. The predicted molar refractivity (Wildman–Crippen MR) is 243 cm³/mol. The number of hydroxylamine groups is 4. The van der Waals surface area contributed by atoms with Gasteiger partial charge < -0.3 is 23.7 Å². The van der Waals surface area contributed by atoms with Crippen molar-refractivity contribution in [3.63, 3.8) is 0 Å². The van der Waals surface area contributed by atoms with Gasteiger partial charge in [0.15, 0.2) is 5.75 Å². The van der Waals surface area contributed by atoms with E-state index in [0.29, 0.717) is 41.6 Å². The summed E-state index contributed by atoms with van der Waals surface area (Å²) in [6.45, 7) is 9.99. The Morgan fingerprint density at radius 2 is 1.66 bits per heavy atom. The number of quaternary nitrogens is 1. The van der Waals surface area contributed by atoms with Gasteiger partial charge in [-0.3, -0.25) is 19.3 Å². The molecule has 4 aliphatic heterocycles. The van der Waals surface area contributed by atoms with E-state index in [9.17, 15) is 28.3 Å². The number of amides is 3. The molecule has 2 aromatic carbocycles. The Bertz CT molecular complexity index is 2210. The second-order valence-corrected chi connectivity index (χ2v) is 17.9. The Morgan fingerprint density at radius 1 is 0.935 bits per heavy atom. The lowest BCUT2D eigenvalue weighted by Gasteiger charge is -2.30. The number of allylic oxidation sites excluding steroid dienone is 8. The summed E-state index contributed by atoms with van der Waals surface area (Å²) in [6.07, 6.45) is 20.8. The molecule has 4 aliphatic rings. The molecule has 13 nitrogen and oxygen atoms in total. The molecule has 4 heterocycles. The van der Waals surface area contributed by atoms with Crippen molar-refractivity contribution in [2.75, 3.05) is 30.8 Å². The first-order chi connectivity index (χ1) is 29.8. The predicted octanol–water partition coefficient (Wildman–Crippen LogP) is 7.63. The largest absolute Gasteiger partial charge is 0.377 e. The number of rotatable bonds is 19. The van der Waals surface area contributed by atoms with Gasteiger partial charge in [0.05, 0.1) is 17.8 Å². The minimum Gasteiger partial charge on any atom is -0.377 e. The number of carbonyl (C=O) groups excluding carboxylic acids is 4. The molecule has 15 heteroatoms. The molecular weight excluding hydrogens is 827 g/mol. The van der Waals surface area contributed by atoms with Crippen LogP contribution in [0, 0.1) is 5.41 Å². The number of hydrogen-bond acceptors (Lipinski definition) is 12. The Hall–Kier alpha value is -5.19. The first-order valence-electron chi connectivity index (χ1n) is 20.9. The Labute approximate surface area is 372 Å². The van der Waals surface area contributed by atoms with Gasteiger partial charge in [-0.25, -0.2) is 9.79 Å². The number of benzene rings is 2. The monoisotopic (exact) mass is 882 g/mol. The van der Waals surface area contributed by atoms with Crippen LogP contribution in [0.3, 0.4) is 0 Å². The van der Waals surface area contributed by atoms with Crippen LogP contribution in [0.25, 0.3) is 0 Å². The van der Waals surface area contributed by atoms with Crippen molar-refractivity contribution in [1.29, 1.82) is 0 Å². The number of para-hydroxylation sites is 1. The standard InChI is InChI=1S/C47H55N5O8S2/c1-46(2)37-30-33(45(56)49(5)59-34-18-11-9-12-19-34)32-50(27-17-29-61-57)44(37)48-39(46)20-13-7-6-8-14-21-40-47(3,4)36-31-35(62-58)23-24-38(36)51(40)28-16-10-15-22-43(55)60-52-41(53)25-26-42(52)54/h6-9,11-14,18-21,23-24,30-32,44,57-58H,10,15-17,22,25-29H2,1-5H3/p+1/b7-6+,14-8+,20-13+,40-21+. The normalized spacial score (nSPS) is 20.9. The molecule has 1 saturated heterocycles. The molecule has 3 N–H and O–H groups in total. The van der Waals surface area contributed by atoms with Gasteiger partial charge in [0.1, 0.15) is 6.20 Å². The van der Waals surface area contributed by atoms with E-state index >= 15 is 0 Å². The minimum atomic E-state index is -0.588. The van der Waals surface area contributed by atoms with Crippen molar-refractivity contribution in [1.82, 2.24) is 10.1 Å². The maximum absolute atomic E-state index is 13.6. The van der Waals surface area contributed by atoms with Crippen molar-refractivity contribution < 1.29 is 42.9 Å². The number of nitrogens with zero attached hydrogens (tertiary/aromatic N) is 4. The van der Waals surface area contributed by atoms with Crippen LogP contribution in [0.5, 0.6) is 5.75 Å². The van der Waals surface area contributed by atoms with Gasteiger partial charge in [-0.05, 0) is 79.0 Å². The van der Waals surface area contributed by atoms with Crippen molar-refractivity contribution >= 4 is 59.2 Å². The summed E-state index contributed by atoms with van der Waals surface area (Å²) in [4.78, 5) is 69.7. The van der Waals surface area contributed by atoms with Gasteiger partial charge in [-0.1, -0.05) is 82.7 Å². The molecule has 62 heavy (non-hydrogen) atoms. The summed E-state index contributed by atoms with van der Waals surface area (Å²) in [6, 6.07) is 15.2. The van der Waals surface area contributed by atoms with Crippen molar-refractivity contribution in [2.45, 2.75) is 89.1 Å². The van der Waals surface area contributed by atoms with Crippen LogP contribution in [0.15, 0.2) is 130 Å². The summed E-state index contributed by atoms with van der Waals surface area (Å²) < 4.78 is 19.2. The average Bonchev–Trinajstić information content (AvgIpc) is 3.79. The molecule has 0 bridgehead atoms. The second-order valence-electron chi connectivity index (χ2n) is 16.5. The molecule has 328 valence electrons. The highest BCUT2D eigenvalue weighted by molar-refractivity contribution is 7.94. The summed E-state index contributed by atoms with van der Waals surface area (Å²) in [5.41, 5.74) is 4.98. The van der Waals surface area contributed by atoms with Crippen molar-refractivity contribution in [2.24, 2.45) is 10.4 Å². The lowest BCUT2D eigenvalue weighted by Crippen LogP contribution is -3.12. The molecule has 0 radical (unpaired) electrons. The number of anilines is 1. The zero-order chi connectivity index (χ0) is 44.4. The maximum atomic E-state index is 13.6. The van der Waals surface area contributed by atoms with Crippen LogP contribution >= 0.6 is 24.1 Å². The van der Waals surface area contributed by atoms with Crippen molar-refractivity contribution in [3.8, 4) is 5.75 Å². The van der Waals surface area contributed by atoms with E-state index < -0.39 is 23.2 Å². The number of nitrogens with one attached hydrogen (secondary N) is 1. The zero-order valence-electron chi connectivity index (χ0n) is 35.9. The Morgan fingerprint density at radius 3 is 2.39 bits per heavy atom. The number of likely N-dealkylation sites (N-methyl/N-ethyl adjacent to an activating group) is 1. The van der Waals surface area contributed by atoms with E-state index in [-0.39, 0.29) is 36.8 Å². The molecule has 0 aromatic heterocycles. The molecule has 0 spiro atoms. The number of hydrogen-bond donors (Lipinski definition) is 3. The lowest BCUT2D eigenvalue weighted by molar-refractivity contribution is -0.868. The first kappa shape index (κ1) is 46.3. The molecule has 6 rings (SSSR count). The van der Waals surface area contributed by atoms with Crippen LogP contribution in [-0.4, -0.2) is 80.7 Å². The highest BCUT2D eigenvalue weighted by Gasteiger charge is 2.46. The van der Waals surface area contributed by atoms with E-state index in [0.717, 1.165) is 81.4 Å². The SMILES string of the molecule is CN(Oc1ccccc1)C(=O)C1=C[NH+](CCCSO)C2N=C(/C=C/C=C/C=C/C=C3/N(CCCCCC(=O)ON4C(=O)CCC4=O)c4ccc(SO)cc4C3(C)C)C(C)(C)C2=C1. The second kappa shape index (κ2) is 20.8. The Kier molecular flexibility index (Phi) is 15.5. The number of imide groups is 1. The third-order valence-corrected chi connectivity index (χ3v) is 12.5. The summed E-state index contributed by atoms with van der Waals surface area (Å²) in [5.74, 6) is -0.661. The molecule has 0 saturated carbocycles. The number of unbranched alkanes of at least 4 members (excludes halogenated alkanes) is 2. The highest BCUT2D eigenvalue weighted by atomic mass is 32.2. The van der Waals surface area contributed by atoms with E-state index in [2.05, 4.69) is 38.7 Å². The fourth-order valence-corrected chi connectivity index (χ4v) is 8.71. The number of fused-ring (bicyclic) bond motifs is 2. The first-order valence-corrected chi connectivity index (χ1v) is 22.6. The third-order valence-electron chi connectivity index (χ3n) is 11.5. The summed E-state index contributed by atoms with van der Waals surface area (Å²) >= 11 is 1.54. The summed E-state index contributed by atoms with van der Waals surface area (Å²) in [7, 11) is 1.61. The number of aliphatic imine (C=N–C) groups is 1. The third kappa shape index (κ3) is 10.7. The van der Waals surface area contributed by atoms with Crippen LogP contribution < -0.4 is 14.6 Å². The van der Waals surface area contributed by atoms with Crippen LogP contribution in [0.4, 0.5) is 5.69 Å². The topological polar surface area (TPSA) is 154 Å². The number of carbonyl (C=O) groups is 4. The fourth-order valence-electron chi connectivity index (χ4n) is 8.14. The van der Waals surface area contributed by atoms with Crippen LogP contribution in [0.1, 0.15) is 78.2 Å². The van der Waals surface area contributed by atoms with Gasteiger partial charge >= 0.3 is 5.97 Å². The van der Waals surface area contributed by atoms with Crippen LogP contribution in [0.2, 0.25) is 0 Å². The van der Waals surface area contributed by atoms with Crippen LogP contribution in [-0.2, 0) is 29.4 Å². The molecule has 2 atom stereocenters. The van der Waals surface area contributed by atoms with Gasteiger partial charge in [0, 0.05) is 89.8 Å². The van der Waals surface area contributed by atoms with Crippen molar-refractivity contribution in [3.05, 3.63) is 126 Å². The molecule has 1 fully saturated rings. The van der Waals surface area contributed by atoms with E-state index in [1.165, 1.54) is 5.06 Å². The lowest BCUT2D eigenvalue weighted by atomic mass is 9.78. The Balaban J connectivity index is 1.10. The van der Waals surface area contributed by atoms with E-state index in [1.54, 1.807) is 19.2 Å². The maximum Gasteiger partial charge on any atom is 0.333 e. The van der Waals surface area contributed by atoms with E-state index in [4.69, 9.17) is 14.7 Å². The zero-order valence-corrected chi connectivity index (χ0v) is 37.5. The fraction of sp³-hybridized carbons (Fsp3) is 0.383. The van der Waals surface area contributed by atoms with Gasteiger partial charge in [0.2, 0.25) is 6.17 Å². The molecular formula is C47H56N5O8S2+. The van der Waals surface area contributed by atoms with E-state index in [1.807, 2.05) is 85.1 Å². The molecule has 0 aliphatic carbocycles. The van der Waals surface area contributed by atoms with Gasteiger partial charge in [-0.15, -0.1) is 5.06 Å². The molecule has 2 aromatic rings. The summed E-state index contributed by atoms with van der Waals surface area (Å²) in [5, 5.41) is 1.85. The van der Waals surface area contributed by atoms with Gasteiger partial charge in [0.25, 0.3) is 17.7 Å². The molecule has 2 unspecified atom stereocenters. The smallest absolute Gasteiger partial charge is 0.333 e.